The van der Waals surface area contributed by atoms with E-state index in [4.69, 9.17) is 10.4 Å². The van der Waals surface area contributed by atoms with Crippen LogP contribution in [0, 0.1) is 0 Å². The van der Waals surface area contributed by atoms with Gasteiger partial charge in [-0.25, -0.2) is 4.79 Å². The Hall–Kier alpha value is -1.59. The Balaban J connectivity index is 2.95. The lowest BCUT2D eigenvalue weighted by atomic mass is 10.3. The molecule has 1 fully saturated rings. The van der Waals surface area contributed by atoms with Crippen LogP contribution >= 0.6 is 0 Å². The molecule has 0 radical (unpaired) electrons. The third kappa shape index (κ3) is 0.790. The molecule has 0 spiro atoms. The van der Waals surface area contributed by atoms with Crippen LogP contribution in [0.15, 0.2) is 10.3 Å². The van der Waals surface area contributed by atoms with E-state index in [1.54, 1.807) is 0 Å². The number of hydrogen-bond acceptors (Lipinski definition) is 6. The highest BCUT2D eigenvalue weighted by Crippen LogP contribution is 1.99. The number of rotatable bonds is 0. The van der Waals surface area contributed by atoms with Gasteiger partial charge in [0.15, 0.2) is 5.71 Å². The number of cyclic esters (lactones) is 1. The lowest BCUT2D eigenvalue weighted by Crippen LogP contribution is -2.14. The minimum Gasteiger partial charge on any atom is -0.454 e. The highest BCUT2D eigenvalue weighted by Gasteiger charge is 2.29. The summed E-state index contributed by atoms with van der Waals surface area (Å²) < 4.78 is 4.34. The second-order valence-corrected chi connectivity index (χ2v) is 1.57. The van der Waals surface area contributed by atoms with Crippen LogP contribution in [-0.2, 0) is 9.53 Å². The highest BCUT2D eigenvalue weighted by atomic mass is 16.5. The van der Waals surface area contributed by atoms with Gasteiger partial charge in [-0.3, -0.25) is 0 Å². The molecule has 2 N–H and O–H groups in total. The van der Waals surface area contributed by atoms with E-state index in [0.29, 0.717) is 0 Å². The fourth-order valence-corrected chi connectivity index (χ4v) is 0.563. The minimum atomic E-state index is -0.782. The minimum absolute atomic E-state index is 0.0625. The molecule has 1 aliphatic rings. The molecule has 1 rings (SSSR count). The molecule has 6 nitrogen and oxygen atoms in total. The molecular weight excluding hydrogens is 140 g/mol. The summed E-state index contributed by atoms with van der Waals surface area (Å²) in [5, 5.41) is 21.5. The van der Waals surface area contributed by atoms with Crippen LogP contribution in [-0.4, -0.2) is 34.4 Å². The molecule has 0 aromatic heterocycles. The van der Waals surface area contributed by atoms with E-state index < -0.39 is 5.97 Å². The van der Waals surface area contributed by atoms with Gasteiger partial charge < -0.3 is 15.2 Å². The molecule has 0 aromatic carbocycles. The zero-order valence-electron chi connectivity index (χ0n) is 4.81. The van der Waals surface area contributed by atoms with Crippen LogP contribution in [0.2, 0.25) is 0 Å². The zero-order valence-corrected chi connectivity index (χ0v) is 4.81. The number of carbonyl (C=O) groups excluding carboxylic acids is 1. The van der Waals surface area contributed by atoms with Crippen molar-refractivity contribution in [2.45, 2.75) is 0 Å². The van der Waals surface area contributed by atoms with E-state index in [9.17, 15) is 4.79 Å². The highest BCUT2D eigenvalue weighted by molar-refractivity contribution is 6.68. The van der Waals surface area contributed by atoms with E-state index >= 15 is 0 Å². The Morgan fingerprint density at radius 3 is 2.50 bits per heavy atom. The fourth-order valence-electron chi connectivity index (χ4n) is 0.563. The third-order valence-corrected chi connectivity index (χ3v) is 1.03. The Bertz CT molecular complexity index is 219. The van der Waals surface area contributed by atoms with Crippen molar-refractivity contribution in [2.24, 2.45) is 10.3 Å². The molecule has 0 unspecified atom stereocenters. The number of esters is 1. The standard InChI is InChI=1S/C4H4N2O4/c7-4-3(6-9)2(5-8)1-10-4/h8-9H,1H2/b5-2-,6-3-. The molecule has 0 aromatic rings. The van der Waals surface area contributed by atoms with Crippen molar-refractivity contribution in [3.05, 3.63) is 0 Å². The smallest absolute Gasteiger partial charge is 0.362 e. The first-order valence-electron chi connectivity index (χ1n) is 2.40. The summed E-state index contributed by atoms with van der Waals surface area (Å²) in [6.45, 7) is -0.144. The summed E-state index contributed by atoms with van der Waals surface area (Å²) >= 11 is 0. The summed E-state index contributed by atoms with van der Waals surface area (Å²) in [7, 11) is 0. The summed E-state index contributed by atoms with van der Waals surface area (Å²) in [5.41, 5.74) is -0.407. The monoisotopic (exact) mass is 144 g/mol. The largest absolute Gasteiger partial charge is 0.454 e. The molecule has 1 aliphatic heterocycles. The predicted octanol–water partition coefficient (Wildman–Crippen LogP) is -0.796. The first-order valence-corrected chi connectivity index (χ1v) is 2.40. The molecule has 1 heterocycles. The van der Waals surface area contributed by atoms with Crippen LogP contribution in [0.25, 0.3) is 0 Å². The number of nitrogens with zero attached hydrogens (tertiary/aromatic N) is 2. The summed E-state index contributed by atoms with van der Waals surface area (Å²) in [5.74, 6) is -0.782. The van der Waals surface area contributed by atoms with E-state index in [1.807, 2.05) is 0 Å². The lowest BCUT2D eigenvalue weighted by molar-refractivity contribution is -0.132. The van der Waals surface area contributed by atoms with Gasteiger partial charge >= 0.3 is 5.97 Å². The first-order chi connectivity index (χ1) is 4.79. The van der Waals surface area contributed by atoms with Crippen LogP contribution in [0.3, 0.4) is 0 Å². The summed E-state index contributed by atoms with van der Waals surface area (Å²) in [4.78, 5) is 10.5. The molecule has 0 bridgehead atoms. The average molecular weight is 144 g/mol. The van der Waals surface area contributed by atoms with E-state index in [1.165, 1.54) is 0 Å². The van der Waals surface area contributed by atoms with E-state index in [2.05, 4.69) is 15.0 Å². The summed E-state index contributed by atoms with van der Waals surface area (Å²) in [6, 6.07) is 0. The molecule has 0 amide bonds. The maximum atomic E-state index is 10.5. The topological polar surface area (TPSA) is 91.5 Å². The van der Waals surface area contributed by atoms with Gasteiger partial charge in [0.2, 0.25) is 5.71 Å². The first kappa shape index (κ1) is 6.53. The molecule has 0 atom stereocenters. The van der Waals surface area contributed by atoms with Crippen molar-refractivity contribution < 1.29 is 19.9 Å². The number of ether oxygens (including phenoxy) is 1. The predicted molar refractivity (Wildman–Crippen MR) is 29.4 cm³/mol. The zero-order chi connectivity index (χ0) is 7.56. The van der Waals surface area contributed by atoms with E-state index in [0.717, 1.165) is 0 Å². The Morgan fingerprint density at radius 1 is 1.40 bits per heavy atom. The van der Waals surface area contributed by atoms with Crippen LogP contribution in [0.4, 0.5) is 0 Å². The molecular formula is C4H4N2O4. The summed E-state index contributed by atoms with van der Waals surface area (Å²) in [6.07, 6.45) is 0. The van der Waals surface area contributed by atoms with Gasteiger partial charge in [-0.1, -0.05) is 10.3 Å². The quantitative estimate of drug-likeness (QED) is 0.264. The van der Waals surface area contributed by atoms with E-state index in [-0.39, 0.29) is 18.0 Å². The van der Waals surface area contributed by atoms with Crippen molar-refractivity contribution in [1.29, 1.82) is 0 Å². The van der Waals surface area contributed by atoms with Gasteiger partial charge in [-0.2, -0.15) is 0 Å². The molecule has 0 aliphatic carbocycles. The molecule has 54 valence electrons. The van der Waals surface area contributed by atoms with Crippen molar-refractivity contribution in [2.75, 3.05) is 6.61 Å². The number of carbonyl (C=O) groups is 1. The number of hydrogen-bond donors (Lipinski definition) is 2. The van der Waals surface area contributed by atoms with Crippen LogP contribution in [0.5, 0.6) is 0 Å². The second-order valence-electron chi connectivity index (χ2n) is 1.57. The normalized spacial score (nSPS) is 25.8. The van der Waals surface area contributed by atoms with Gasteiger partial charge in [0.25, 0.3) is 0 Å². The third-order valence-electron chi connectivity index (χ3n) is 1.03. The van der Waals surface area contributed by atoms with Gasteiger partial charge in [-0.15, -0.1) is 0 Å². The fraction of sp³-hybridized carbons (Fsp3) is 0.250. The van der Waals surface area contributed by atoms with Crippen molar-refractivity contribution >= 4 is 17.4 Å². The van der Waals surface area contributed by atoms with Crippen LogP contribution in [0.1, 0.15) is 0 Å². The Labute approximate surface area is 55.4 Å². The SMILES string of the molecule is O=C1OCC(=N/O)/C1=N/O. The van der Waals surface area contributed by atoms with Crippen molar-refractivity contribution in [3.8, 4) is 0 Å². The van der Waals surface area contributed by atoms with Gasteiger partial charge in [-0.05, 0) is 0 Å². The van der Waals surface area contributed by atoms with Crippen molar-refractivity contribution in [3.63, 3.8) is 0 Å². The van der Waals surface area contributed by atoms with Gasteiger partial charge in [0.1, 0.15) is 6.61 Å². The average Bonchev–Trinajstić information content (AvgIpc) is 2.30. The molecule has 0 saturated carbocycles. The van der Waals surface area contributed by atoms with Crippen LogP contribution < -0.4 is 0 Å². The number of oxime groups is 2. The molecule has 10 heavy (non-hydrogen) atoms. The molecule has 6 heteroatoms. The van der Waals surface area contributed by atoms with Crippen molar-refractivity contribution in [1.82, 2.24) is 0 Å². The maximum absolute atomic E-state index is 10.5. The van der Waals surface area contributed by atoms with Gasteiger partial charge in [0.05, 0.1) is 0 Å². The Kier molecular flexibility index (Phi) is 1.53. The van der Waals surface area contributed by atoms with Gasteiger partial charge in [0, 0.05) is 0 Å². The molecule has 1 saturated heterocycles. The maximum Gasteiger partial charge on any atom is 0.362 e. The second kappa shape index (κ2) is 2.34. The Morgan fingerprint density at radius 2 is 2.10 bits per heavy atom. The lowest BCUT2D eigenvalue weighted by Gasteiger charge is -1.82.